The lowest BCUT2D eigenvalue weighted by Gasteiger charge is -2.09. The molecule has 3 heterocycles. The van der Waals surface area contributed by atoms with Gasteiger partial charge < -0.3 is 9.47 Å². The van der Waals surface area contributed by atoms with Crippen LogP contribution in [0.2, 0.25) is 19.1 Å². The van der Waals surface area contributed by atoms with Crippen LogP contribution in [0.5, 0.6) is 11.6 Å². The van der Waals surface area contributed by atoms with E-state index in [1.165, 1.54) is 0 Å². The normalized spacial score (nSPS) is 10.9. The van der Waals surface area contributed by atoms with Gasteiger partial charge in [0.15, 0.2) is 6.29 Å². The zero-order valence-electron chi connectivity index (χ0n) is 17.5. The van der Waals surface area contributed by atoms with E-state index in [0.29, 0.717) is 23.9 Å². The second kappa shape index (κ2) is 9.63. The van der Waals surface area contributed by atoms with E-state index in [1.54, 1.807) is 24.7 Å². The number of aldehydes is 1. The third-order valence-corrected chi connectivity index (χ3v) is 5.95. The first-order chi connectivity index (χ1) is 15.1. The lowest BCUT2D eigenvalue weighted by atomic mass is 10.1. The summed E-state index contributed by atoms with van der Waals surface area (Å²) in [5.41, 5.74) is 3.18. The van der Waals surface area contributed by atoms with Crippen LogP contribution in [-0.4, -0.2) is 41.4 Å². The van der Waals surface area contributed by atoms with Crippen molar-refractivity contribution in [3.8, 4) is 22.9 Å². The standard InChI is InChI=1S/C23H23N4O3Si/c1-31(2)10-9-29-16-27-22(7-8-26-27)19-4-6-23(25-14-19)30-20-5-3-18-11-17(15-28)13-24-21(18)12-20/h3-8,11-15H,9-10,16H2,1-2H3/q+1. The highest BCUT2D eigenvalue weighted by Gasteiger charge is 2.11. The molecule has 31 heavy (non-hydrogen) atoms. The summed E-state index contributed by atoms with van der Waals surface area (Å²) in [4.78, 5) is 19.6. The summed E-state index contributed by atoms with van der Waals surface area (Å²) < 4.78 is 13.5. The van der Waals surface area contributed by atoms with E-state index >= 15 is 0 Å². The summed E-state index contributed by atoms with van der Waals surface area (Å²) in [6.07, 6.45) is 5.85. The van der Waals surface area contributed by atoms with Crippen molar-refractivity contribution >= 4 is 26.0 Å². The third kappa shape index (κ3) is 5.22. The topological polar surface area (TPSA) is 79.1 Å². The van der Waals surface area contributed by atoms with E-state index in [2.05, 4.69) is 28.2 Å². The minimum atomic E-state index is -0.279. The zero-order valence-corrected chi connectivity index (χ0v) is 18.5. The number of ether oxygens (including phenoxy) is 2. The van der Waals surface area contributed by atoms with Crippen LogP contribution in [-0.2, 0) is 11.5 Å². The van der Waals surface area contributed by atoms with Crippen LogP contribution in [0, 0.1) is 0 Å². The Bertz CT molecular complexity index is 1180. The Labute approximate surface area is 182 Å². The number of aromatic nitrogens is 4. The lowest BCUT2D eigenvalue weighted by Crippen LogP contribution is -2.10. The fraction of sp³-hybridized carbons (Fsp3) is 0.217. The molecule has 0 aliphatic carbocycles. The maximum Gasteiger partial charge on any atom is 0.310 e. The molecular formula is C23H23N4O3Si+. The molecule has 0 amide bonds. The Balaban J connectivity index is 1.44. The molecule has 0 bridgehead atoms. The number of rotatable bonds is 9. The van der Waals surface area contributed by atoms with Crippen LogP contribution in [0.1, 0.15) is 10.4 Å². The van der Waals surface area contributed by atoms with Gasteiger partial charge in [0, 0.05) is 47.2 Å². The predicted octanol–water partition coefficient (Wildman–Crippen LogP) is 4.83. The van der Waals surface area contributed by atoms with E-state index in [4.69, 9.17) is 9.47 Å². The first kappa shape index (κ1) is 20.9. The van der Waals surface area contributed by atoms with E-state index in [-0.39, 0.29) is 8.80 Å². The molecule has 0 fully saturated rings. The summed E-state index contributed by atoms with van der Waals surface area (Å²) >= 11 is 0. The number of carbonyl (C=O) groups excluding carboxylic acids is 1. The molecule has 0 atom stereocenters. The average molecular weight is 432 g/mol. The Hall–Kier alpha value is -3.36. The van der Waals surface area contributed by atoms with Crippen molar-refractivity contribution in [1.29, 1.82) is 0 Å². The minimum absolute atomic E-state index is 0.279. The monoisotopic (exact) mass is 431 g/mol. The average Bonchev–Trinajstić information content (AvgIpc) is 3.25. The first-order valence-corrected chi connectivity index (χ1v) is 12.7. The maximum absolute atomic E-state index is 10.9. The SMILES string of the molecule is C[Si+](C)CCOCn1nccc1-c1ccc(Oc2ccc3cc(C=O)cnc3c2)nc1. The van der Waals surface area contributed by atoms with Gasteiger partial charge in [-0.15, -0.1) is 0 Å². The zero-order chi connectivity index (χ0) is 21.6. The Morgan fingerprint density at radius 2 is 1.97 bits per heavy atom. The molecular weight excluding hydrogens is 408 g/mol. The second-order valence-corrected chi connectivity index (χ2v) is 10.4. The van der Waals surface area contributed by atoms with Gasteiger partial charge in [0.05, 0.1) is 37.0 Å². The van der Waals surface area contributed by atoms with Crippen LogP contribution >= 0.6 is 0 Å². The van der Waals surface area contributed by atoms with E-state index in [1.807, 2.05) is 41.1 Å². The summed E-state index contributed by atoms with van der Waals surface area (Å²) in [5.74, 6) is 1.11. The summed E-state index contributed by atoms with van der Waals surface area (Å²) in [7, 11) is -0.279. The lowest BCUT2D eigenvalue weighted by molar-refractivity contribution is 0.0801. The van der Waals surface area contributed by atoms with Crippen LogP contribution < -0.4 is 4.74 Å². The van der Waals surface area contributed by atoms with Crippen LogP contribution in [0.25, 0.3) is 22.2 Å². The molecule has 8 heteroatoms. The van der Waals surface area contributed by atoms with Gasteiger partial charge >= 0.3 is 8.80 Å². The van der Waals surface area contributed by atoms with Crippen molar-refractivity contribution in [2.75, 3.05) is 6.61 Å². The first-order valence-electron chi connectivity index (χ1n) is 10.0. The number of hydrogen-bond acceptors (Lipinski definition) is 6. The molecule has 1 aromatic carbocycles. The van der Waals surface area contributed by atoms with Gasteiger partial charge in [0.2, 0.25) is 5.88 Å². The summed E-state index contributed by atoms with van der Waals surface area (Å²) in [6, 6.07) is 14.2. The number of nitrogens with zero attached hydrogens (tertiary/aromatic N) is 4. The predicted molar refractivity (Wildman–Crippen MR) is 121 cm³/mol. The molecule has 4 rings (SSSR count). The Morgan fingerprint density at radius 3 is 2.74 bits per heavy atom. The van der Waals surface area contributed by atoms with Crippen molar-refractivity contribution in [3.05, 3.63) is 66.6 Å². The molecule has 0 unspecified atom stereocenters. The number of fused-ring (bicyclic) bond motifs is 1. The van der Waals surface area contributed by atoms with Crippen LogP contribution in [0.3, 0.4) is 0 Å². The van der Waals surface area contributed by atoms with Gasteiger partial charge in [0.25, 0.3) is 0 Å². The summed E-state index contributed by atoms with van der Waals surface area (Å²) in [5, 5.41) is 5.23. The van der Waals surface area contributed by atoms with E-state index in [9.17, 15) is 4.79 Å². The molecule has 0 saturated heterocycles. The van der Waals surface area contributed by atoms with Gasteiger partial charge in [-0.25, -0.2) is 9.67 Å². The smallest absolute Gasteiger partial charge is 0.310 e. The highest BCUT2D eigenvalue weighted by Crippen LogP contribution is 2.26. The van der Waals surface area contributed by atoms with Crippen molar-refractivity contribution in [1.82, 2.24) is 19.7 Å². The molecule has 7 nitrogen and oxygen atoms in total. The number of carbonyl (C=O) groups is 1. The van der Waals surface area contributed by atoms with Gasteiger partial charge in [0.1, 0.15) is 12.5 Å². The molecule has 156 valence electrons. The summed E-state index contributed by atoms with van der Waals surface area (Å²) in [6.45, 7) is 5.73. The van der Waals surface area contributed by atoms with Crippen LogP contribution in [0.15, 0.2) is 61.1 Å². The fourth-order valence-corrected chi connectivity index (χ4v) is 3.62. The van der Waals surface area contributed by atoms with Crippen molar-refractivity contribution in [3.63, 3.8) is 0 Å². The Morgan fingerprint density at radius 1 is 1.06 bits per heavy atom. The molecule has 0 saturated carbocycles. The number of benzene rings is 1. The molecule has 3 aromatic heterocycles. The quantitative estimate of drug-likeness (QED) is 0.215. The third-order valence-electron chi connectivity index (χ3n) is 4.74. The van der Waals surface area contributed by atoms with Crippen molar-refractivity contribution in [2.45, 2.75) is 25.9 Å². The number of hydrogen-bond donors (Lipinski definition) is 0. The minimum Gasteiger partial charge on any atom is -0.439 e. The maximum atomic E-state index is 10.9. The molecule has 0 aliphatic heterocycles. The second-order valence-electron chi connectivity index (χ2n) is 7.44. The number of pyridine rings is 2. The highest BCUT2D eigenvalue weighted by atomic mass is 28.3. The molecule has 4 aromatic rings. The highest BCUT2D eigenvalue weighted by molar-refractivity contribution is 6.55. The van der Waals surface area contributed by atoms with Gasteiger partial charge in [-0.1, -0.05) is 0 Å². The van der Waals surface area contributed by atoms with Gasteiger partial charge in [-0.2, -0.15) is 5.10 Å². The van der Waals surface area contributed by atoms with E-state index < -0.39 is 0 Å². The fourth-order valence-electron chi connectivity index (χ4n) is 3.07. The van der Waals surface area contributed by atoms with Gasteiger partial charge in [-0.3, -0.25) is 9.78 Å². The van der Waals surface area contributed by atoms with E-state index in [0.717, 1.165) is 41.1 Å². The molecule has 0 N–H and O–H groups in total. The largest absolute Gasteiger partial charge is 0.439 e. The molecule has 0 aliphatic rings. The van der Waals surface area contributed by atoms with Crippen molar-refractivity contribution in [2.24, 2.45) is 0 Å². The van der Waals surface area contributed by atoms with Crippen molar-refractivity contribution < 1.29 is 14.3 Å². The molecule has 0 spiro atoms. The van der Waals surface area contributed by atoms with Crippen LogP contribution in [0.4, 0.5) is 0 Å². The van der Waals surface area contributed by atoms with Gasteiger partial charge in [-0.05, 0) is 30.3 Å². The molecule has 0 radical (unpaired) electrons. The Kier molecular flexibility index (Phi) is 6.49.